The summed E-state index contributed by atoms with van der Waals surface area (Å²) in [6.07, 6.45) is 5.59. The minimum atomic E-state index is -3.60. The third-order valence-electron chi connectivity index (χ3n) is 4.21. The summed E-state index contributed by atoms with van der Waals surface area (Å²) in [5, 5.41) is 0. The number of ether oxygens (including phenoxy) is 1. The molecule has 0 radical (unpaired) electrons. The Morgan fingerprint density at radius 1 is 1.36 bits per heavy atom. The Kier molecular flexibility index (Phi) is 6.26. The molecule has 5 nitrogen and oxygen atoms in total. The highest BCUT2D eigenvalue weighted by Crippen LogP contribution is 2.29. The molecule has 22 heavy (non-hydrogen) atoms. The summed E-state index contributed by atoms with van der Waals surface area (Å²) in [7, 11) is -2.09. The maximum atomic E-state index is 12.6. The molecule has 0 heterocycles. The Labute approximate surface area is 140 Å². The first kappa shape index (κ1) is 17.7. The maximum Gasteiger partial charge on any atom is 0.241 e. The molecule has 1 atom stereocenters. The Bertz CT molecular complexity index is 601. The Morgan fingerprint density at radius 2 is 2.05 bits per heavy atom. The fourth-order valence-corrected chi connectivity index (χ4v) is 4.69. The van der Waals surface area contributed by atoms with Crippen LogP contribution in [0.2, 0.25) is 0 Å². The third-order valence-corrected chi connectivity index (χ3v) is 6.35. The largest absolute Gasteiger partial charge is 0.496 e. The molecular weight excluding hydrogens is 368 g/mol. The van der Waals surface area contributed by atoms with Crippen LogP contribution in [0.3, 0.4) is 0 Å². The van der Waals surface area contributed by atoms with Gasteiger partial charge in [0, 0.05) is 18.7 Å². The molecule has 0 saturated heterocycles. The molecule has 7 heteroatoms. The summed E-state index contributed by atoms with van der Waals surface area (Å²) in [6, 6.07) is 4.54. The fourth-order valence-electron chi connectivity index (χ4n) is 2.95. The number of nitrogens with one attached hydrogen (secondary N) is 1. The van der Waals surface area contributed by atoms with Crippen molar-refractivity contribution in [1.29, 1.82) is 0 Å². The van der Waals surface area contributed by atoms with Gasteiger partial charge in [-0.05, 0) is 46.8 Å². The number of halogens is 1. The molecule has 124 valence electrons. The summed E-state index contributed by atoms with van der Waals surface area (Å²) in [6.45, 7) is 0.317. The number of rotatable bonds is 6. The predicted octanol–water partition coefficient (Wildman–Crippen LogP) is 2.64. The number of methoxy groups -OCH3 is 1. The quantitative estimate of drug-likeness (QED) is 0.781. The van der Waals surface area contributed by atoms with Gasteiger partial charge in [-0.15, -0.1) is 0 Å². The van der Waals surface area contributed by atoms with Crippen LogP contribution in [0.25, 0.3) is 0 Å². The summed E-state index contributed by atoms with van der Waals surface area (Å²) in [5.74, 6) is 0.815. The van der Waals surface area contributed by atoms with Crippen LogP contribution in [-0.2, 0) is 10.0 Å². The molecular formula is C15H23BrN2O3S. The average molecular weight is 391 g/mol. The molecule has 1 aliphatic carbocycles. The van der Waals surface area contributed by atoms with Gasteiger partial charge in [-0.2, -0.15) is 0 Å². The van der Waals surface area contributed by atoms with Crippen LogP contribution >= 0.6 is 15.9 Å². The molecule has 0 aromatic heterocycles. The second-order valence-electron chi connectivity index (χ2n) is 5.66. The van der Waals surface area contributed by atoms with E-state index in [0.717, 1.165) is 30.2 Å². The van der Waals surface area contributed by atoms with E-state index in [1.54, 1.807) is 12.1 Å². The predicted molar refractivity (Wildman–Crippen MR) is 90.4 cm³/mol. The standard InChI is InChI=1S/C15H23BrN2O3S/c1-21-15-9-12(7-8-13(15)16)22(19,20)18-14(10-17)11-5-3-2-4-6-11/h7-9,11,14,18H,2-6,10,17H2,1H3. The van der Waals surface area contributed by atoms with Crippen molar-refractivity contribution in [2.75, 3.05) is 13.7 Å². The molecule has 2 rings (SSSR count). The van der Waals surface area contributed by atoms with Gasteiger partial charge in [0.2, 0.25) is 10.0 Å². The van der Waals surface area contributed by atoms with Gasteiger partial charge in [-0.25, -0.2) is 13.1 Å². The van der Waals surface area contributed by atoms with Gasteiger partial charge < -0.3 is 10.5 Å². The molecule has 1 aromatic carbocycles. The third kappa shape index (κ3) is 4.22. The monoisotopic (exact) mass is 390 g/mol. The molecule has 1 fully saturated rings. The zero-order valence-corrected chi connectivity index (χ0v) is 15.1. The van der Waals surface area contributed by atoms with Gasteiger partial charge in [0.15, 0.2) is 0 Å². The van der Waals surface area contributed by atoms with Crippen LogP contribution < -0.4 is 15.2 Å². The van der Waals surface area contributed by atoms with E-state index in [1.807, 2.05) is 0 Å². The van der Waals surface area contributed by atoms with Crippen molar-refractivity contribution in [3.63, 3.8) is 0 Å². The van der Waals surface area contributed by atoms with E-state index in [4.69, 9.17) is 10.5 Å². The summed E-state index contributed by atoms with van der Waals surface area (Å²) in [5.41, 5.74) is 5.81. The number of hydrogen-bond donors (Lipinski definition) is 2. The SMILES string of the molecule is COc1cc(S(=O)(=O)NC(CN)C2CCCCC2)ccc1Br. The zero-order valence-electron chi connectivity index (χ0n) is 12.7. The van der Waals surface area contributed by atoms with Gasteiger partial charge in [-0.1, -0.05) is 19.3 Å². The number of sulfonamides is 1. The smallest absolute Gasteiger partial charge is 0.241 e. The van der Waals surface area contributed by atoms with Crippen molar-refractivity contribution in [2.45, 2.75) is 43.0 Å². The highest BCUT2D eigenvalue weighted by Gasteiger charge is 2.27. The van der Waals surface area contributed by atoms with Crippen molar-refractivity contribution in [3.8, 4) is 5.75 Å². The van der Waals surface area contributed by atoms with Gasteiger partial charge in [0.25, 0.3) is 0 Å². The molecule has 3 N–H and O–H groups in total. The van der Waals surface area contributed by atoms with Crippen LogP contribution in [0.15, 0.2) is 27.6 Å². The van der Waals surface area contributed by atoms with Crippen LogP contribution in [0.4, 0.5) is 0 Å². The Hall–Kier alpha value is -0.630. The van der Waals surface area contributed by atoms with E-state index in [2.05, 4.69) is 20.7 Å². The summed E-state index contributed by atoms with van der Waals surface area (Å²) >= 11 is 3.32. The van der Waals surface area contributed by atoms with E-state index in [-0.39, 0.29) is 10.9 Å². The van der Waals surface area contributed by atoms with Crippen molar-refractivity contribution < 1.29 is 13.2 Å². The van der Waals surface area contributed by atoms with E-state index < -0.39 is 10.0 Å². The minimum absolute atomic E-state index is 0.196. The number of nitrogens with two attached hydrogens (primary N) is 1. The van der Waals surface area contributed by atoms with Gasteiger partial charge in [-0.3, -0.25) is 0 Å². The Balaban J connectivity index is 2.18. The highest BCUT2D eigenvalue weighted by atomic mass is 79.9. The van der Waals surface area contributed by atoms with Crippen molar-refractivity contribution in [1.82, 2.24) is 4.72 Å². The second-order valence-corrected chi connectivity index (χ2v) is 8.23. The first-order valence-corrected chi connectivity index (χ1v) is 9.81. The fraction of sp³-hybridized carbons (Fsp3) is 0.600. The zero-order chi connectivity index (χ0) is 16.2. The summed E-state index contributed by atoms with van der Waals surface area (Å²) < 4.78 is 33.8. The van der Waals surface area contributed by atoms with Crippen molar-refractivity contribution >= 4 is 26.0 Å². The van der Waals surface area contributed by atoms with E-state index in [0.29, 0.717) is 18.2 Å². The molecule has 0 aliphatic heterocycles. The molecule has 0 bridgehead atoms. The second kappa shape index (κ2) is 7.77. The number of benzene rings is 1. The lowest BCUT2D eigenvalue weighted by Crippen LogP contribution is -2.45. The van der Waals surface area contributed by atoms with Crippen LogP contribution in [0, 0.1) is 5.92 Å². The molecule has 0 amide bonds. The van der Waals surface area contributed by atoms with Crippen LogP contribution in [0.1, 0.15) is 32.1 Å². The van der Waals surface area contributed by atoms with E-state index in [1.165, 1.54) is 19.6 Å². The molecule has 1 aliphatic rings. The lowest BCUT2D eigenvalue weighted by molar-refractivity contribution is 0.294. The lowest BCUT2D eigenvalue weighted by Gasteiger charge is -2.29. The number of hydrogen-bond acceptors (Lipinski definition) is 4. The summed E-state index contributed by atoms with van der Waals surface area (Å²) in [4.78, 5) is 0.196. The lowest BCUT2D eigenvalue weighted by atomic mass is 9.84. The van der Waals surface area contributed by atoms with Crippen molar-refractivity contribution in [2.24, 2.45) is 11.7 Å². The Morgan fingerprint density at radius 3 is 2.64 bits per heavy atom. The highest BCUT2D eigenvalue weighted by molar-refractivity contribution is 9.10. The average Bonchev–Trinajstić information content (AvgIpc) is 2.53. The van der Waals surface area contributed by atoms with Gasteiger partial charge in [0.05, 0.1) is 16.5 Å². The molecule has 1 aromatic rings. The van der Waals surface area contributed by atoms with Gasteiger partial charge >= 0.3 is 0 Å². The van der Waals surface area contributed by atoms with Crippen LogP contribution in [0.5, 0.6) is 5.75 Å². The first-order chi connectivity index (χ1) is 10.5. The van der Waals surface area contributed by atoms with E-state index in [9.17, 15) is 8.42 Å². The van der Waals surface area contributed by atoms with Gasteiger partial charge in [0.1, 0.15) is 5.75 Å². The minimum Gasteiger partial charge on any atom is -0.496 e. The van der Waals surface area contributed by atoms with E-state index >= 15 is 0 Å². The molecule has 1 saturated carbocycles. The first-order valence-electron chi connectivity index (χ1n) is 7.54. The topological polar surface area (TPSA) is 81.4 Å². The normalized spacial score (nSPS) is 18.1. The molecule has 0 spiro atoms. The van der Waals surface area contributed by atoms with Crippen LogP contribution in [-0.4, -0.2) is 28.1 Å². The maximum absolute atomic E-state index is 12.6. The molecule has 1 unspecified atom stereocenters. The van der Waals surface area contributed by atoms with Crippen molar-refractivity contribution in [3.05, 3.63) is 22.7 Å².